The van der Waals surface area contributed by atoms with Crippen LogP contribution in [0.25, 0.3) is 11.1 Å². The summed E-state index contributed by atoms with van der Waals surface area (Å²) >= 11 is 0. The number of benzene rings is 6. The number of ether oxygens (including phenoxy) is 2. The molecular formula is C39H24N2O8. The van der Waals surface area contributed by atoms with Gasteiger partial charge in [-0.3, -0.25) is 20.2 Å². The smallest absolute Gasteiger partial charge is 0.343 e. The Bertz CT molecular complexity index is 2120. The van der Waals surface area contributed by atoms with E-state index in [1.807, 2.05) is 48.5 Å². The first kappa shape index (κ1) is 30.7. The van der Waals surface area contributed by atoms with Gasteiger partial charge in [0, 0.05) is 24.3 Å². The summed E-state index contributed by atoms with van der Waals surface area (Å²) in [6, 6.07) is 41.2. The average molecular weight is 649 g/mol. The molecule has 0 amide bonds. The molecule has 0 fully saturated rings. The molecule has 1 aliphatic rings. The quantitative estimate of drug-likeness (QED) is 0.0694. The van der Waals surface area contributed by atoms with E-state index >= 15 is 0 Å². The van der Waals surface area contributed by atoms with Crippen LogP contribution in [-0.4, -0.2) is 21.8 Å². The summed E-state index contributed by atoms with van der Waals surface area (Å²) in [6.45, 7) is 0. The molecule has 0 unspecified atom stereocenters. The molecule has 238 valence electrons. The second kappa shape index (κ2) is 12.3. The minimum absolute atomic E-state index is 0.0553. The lowest BCUT2D eigenvalue weighted by atomic mass is 9.68. The van der Waals surface area contributed by atoms with Gasteiger partial charge in [-0.1, -0.05) is 84.9 Å². The number of hydrogen-bond acceptors (Lipinski definition) is 8. The molecule has 0 aliphatic heterocycles. The van der Waals surface area contributed by atoms with Crippen molar-refractivity contribution in [1.82, 2.24) is 0 Å². The number of non-ortho nitro benzene ring substituents is 2. The van der Waals surface area contributed by atoms with Gasteiger partial charge in [0.2, 0.25) is 0 Å². The summed E-state index contributed by atoms with van der Waals surface area (Å²) in [5.74, 6) is -0.923. The molecular weight excluding hydrogens is 624 g/mol. The number of nitrogens with zero attached hydrogens (tertiary/aromatic N) is 2. The van der Waals surface area contributed by atoms with Gasteiger partial charge in [-0.05, 0) is 69.8 Å². The lowest BCUT2D eigenvalue weighted by Gasteiger charge is -2.34. The monoisotopic (exact) mass is 648 g/mol. The van der Waals surface area contributed by atoms with Crippen LogP contribution in [0.15, 0.2) is 146 Å². The van der Waals surface area contributed by atoms with E-state index in [-0.39, 0.29) is 34.0 Å². The zero-order chi connectivity index (χ0) is 34.1. The number of nitro benzene ring substituents is 2. The number of fused-ring (bicyclic) bond motifs is 3. The van der Waals surface area contributed by atoms with Crippen molar-refractivity contribution >= 4 is 23.3 Å². The number of esters is 2. The second-order valence-corrected chi connectivity index (χ2v) is 11.3. The molecule has 0 bridgehead atoms. The highest BCUT2D eigenvalue weighted by molar-refractivity contribution is 5.92. The van der Waals surface area contributed by atoms with E-state index in [9.17, 15) is 29.8 Å². The molecule has 0 saturated heterocycles. The number of carbonyl (C=O) groups excluding carboxylic acids is 2. The molecule has 0 spiro atoms. The zero-order valence-corrected chi connectivity index (χ0v) is 25.5. The fourth-order valence-corrected chi connectivity index (χ4v) is 6.39. The predicted octanol–water partition coefficient (Wildman–Crippen LogP) is 8.30. The van der Waals surface area contributed by atoms with E-state index in [0.29, 0.717) is 0 Å². The van der Waals surface area contributed by atoms with Crippen molar-refractivity contribution in [3.8, 4) is 22.6 Å². The Morgan fingerprint density at radius 3 is 1.27 bits per heavy atom. The van der Waals surface area contributed by atoms with Crippen molar-refractivity contribution in [2.24, 2.45) is 0 Å². The average Bonchev–Trinajstić information content (AvgIpc) is 3.43. The van der Waals surface area contributed by atoms with Gasteiger partial charge in [-0.25, -0.2) is 9.59 Å². The van der Waals surface area contributed by atoms with Gasteiger partial charge in [0.25, 0.3) is 11.4 Å². The fourth-order valence-electron chi connectivity index (χ4n) is 6.39. The topological polar surface area (TPSA) is 139 Å². The Morgan fingerprint density at radius 1 is 0.490 bits per heavy atom. The molecule has 0 aromatic heterocycles. The maximum atomic E-state index is 12.9. The summed E-state index contributed by atoms with van der Waals surface area (Å²) in [5.41, 5.74) is 4.80. The maximum Gasteiger partial charge on any atom is 0.343 e. The van der Waals surface area contributed by atoms with Crippen molar-refractivity contribution in [3.05, 3.63) is 199 Å². The third-order valence-electron chi connectivity index (χ3n) is 8.53. The van der Waals surface area contributed by atoms with E-state index in [1.165, 1.54) is 48.5 Å². The second-order valence-electron chi connectivity index (χ2n) is 11.3. The maximum absolute atomic E-state index is 12.9. The van der Waals surface area contributed by atoms with Gasteiger partial charge in [0.05, 0.1) is 26.4 Å². The zero-order valence-electron chi connectivity index (χ0n) is 25.5. The molecule has 6 aromatic carbocycles. The fraction of sp³-hybridized carbons (Fsp3) is 0.0256. The minimum atomic E-state index is -0.807. The summed E-state index contributed by atoms with van der Waals surface area (Å²) in [6.07, 6.45) is 0. The highest BCUT2D eigenvalue weighted by Crippen LogP contribution is 2.56. The molecule has 0 N–H and O–H groups in total. The first-order valence-electron chi connectivity index (χ1n) is 15.1. The van der Waals surface area contributed by atoms with E-state index < -0.39 is 27.2 Å². The van der Waals surface area contributed by atoms with E-state index in [2.05, 4.69) is 24.3 Å². The Morgan fingerprint density at radius 2 is 0.878 bits per heavy atom. The van der Waals surface area contributed by atoms with Crippen molar-refractivity contribution in [3.63, 3.8) is 0 Å². The van der Waals surface area contributed by atoms with E-state index in [0.717, 1.165) is 33.4 Å². The molecule has 7 rings (SSSR count). The summed E-state index contributed by atoms with van der Waals surface area (Å²) in [5, 5.41) is 22.4. The van der Waals surface area contributed by atoms with Crippen LogP contribution in [0.2, 0.25) is 0 Å². The van der Waals surface area contributed by atoms with E-state index in [1.54, 1.807) is 24.3 Å². The van der Waals surface area contributed by atoms with Gasteiger partial charge < -0.3 is 9.47 Å². The Kier molecular flexibility index (Phi) is 7.73. The highest BCUT2D eigenvalue weighted by atomic mass is 16.6. The summed E-state index contributed by atoms with van der Waals surface area (Å²) < 4.78 is 11.2. The van der Waals surface area contributed by atoms with Gasteiger partial charge in [-0.15, -0.1) is 0 Å². The van der Waals surface area contributed by atoms with Crippen molar-refractivity contribution in [2.45, 2.75) is 5.41 Å². The van der Waals surface area contributed by atoms with Crippen LogP contribution in [0.4, 0.5) is 11.4 Å². The SMILES string of the molecule is O=C(Oc1ccc(C2(c3ccc(OC(=O)c4cccc([N+](=O)[O-])c4)cc3)c3ccccc3-c3ccccc32)cc1)c1cccc([N+](=O)[O-])c1. The van der Waals surface area contributed by atoms with Crippen LogP contribution in [0, 0.1) is 20.2 Å². The number of carbonyl (C=O) groups is 2. The molecule has 0 saturated carbocycles. The first-order chi connectivity index (χ1) is 23.8. The van der Waals surface area contributed by atoms with Crippen LogP contribution in [0.1, 0.15) is 43.0 Å². The lowest BCUT2D eigenvalue weighted by Crippen LogP contribution is -2.28. The van der Waals surface area contributed by atoms with Crippen molar-refractivity contribution < 1.29 is 28.9 Å². The Balaban J connectivity index is 1.26. The number of rotatable bonds is 8. The van der Waals surface area contributed by atoms with Gasteiger partial charge in [0.15, 0.2) is 0 Å². The standard InChI is InChI=1S/C39H24N2O8/c42-37(25-7-5-9-29(23-25)40(44)45)48-31-19-15-27(16-20-31)39(35-13-3-1-11-33(35)34-12-2-4-14-36(34)39)28-17-21-32(22-18-28)49-38(43)26-8-6-10-30(24-26)41(46)47/h1-24H. The van der Waals surface area contributed by atoms with Crippen LogP contribution in [0.3, 0.4) is 0 Å². The lowest BCUT2D eigenvalue weighted by molar-refractivity contribution is -0.385. The van der Waals surface area contributed by atoms with Crippen LogP contribution in [0.5, 0.6) is 11.5 Å². The molecule has 10 nitrogen and oxygen atoms in total. The molecule has 1 aliphatic carbocycles. The Hall–Kier alpha value is -6.94. The Labute approximate surface area is 279 Å². The first-order valence-corrected chi connectivity index (χ1v) is 15.1. The molecule has 0 heterocycles. The molecule has 10 heteroatoms. The minimum Gasteiger partial charge on any atom is -0.423 e. The molecule has 6 aromatic rings. The van der Waals surface area contributed by atoms with E-state index in [4.69, 9.17) is 9.47 Å². The van der Waals surface area contributed by atoms with Crippen LogP contribution >= 0.6 is 0 Å². The summed E-state index contributed by atoms with van der Waals surface area (Å²) in [7, 11) is 0. The van der Waals surface area contributed by atoms with Gasteiger partial charge in [-0.2, -0.15) is 0 Å². The number of hydrogen-bond donors (Lipinski definition) is 0. The van der Waals surface area contributed by atoms with Crippen LogP contribution < -0.4 is 9.47 Å². The highest BCUT2D eigenvalue weighted by Gasteiger charge is 2.45. The normalized spacial score (nSPS) is 12.3. The third kappa shape index (κ3) is 5.47. The van der Waals surface area contributed by atoms with Gasteiger partial charge >= 0.3 is 11.9 Å². The van der Waals surface area contributed by atoms with Gasteiger partial charge in [0.1, 0.15) is 11.5 Å². The third-order valence-corrected chi connectivity index (χ3v) is 8.53. The van der Waals surface area contributed by atoms with Crippen molar-refractivity contribution in [2.75, 3.05) is 0 Å². The molecule has 0 atom stereocenters. The molecule has 0 radical (unpaired) electrons. The van der Waals surface area contributed by atoms with Crippen LogP contribution in [-0.2, 0) is 5.41 Å². The molecule has 49 heavy (non-hydrogen) atoms. The largest absolute Gasteiger partial charge is 0.423 e. The number of nitro groups is 2. The predicted molar refractivity (Wildman–Crippen MR) is 180 cm³/mol. The summed E-state index contributed by atoms with van der Waals surface area (Å²) in [4.78, 5) is 47.0. The van der Waals surface area contributed by atoms with Crippen molar-refractivity contribution in [1.29, 1.82) is 0 Å².